The Kier molecular flexibility index (Phi) is 3.96. The first kappa shape index (κ1) is 16.4. The first-order valence-corrected chi connectivity index (χ1v) is 9.38. The van der Waals surface area contributed by atoms with Crippen LogP contribution in [0.1, 0.15) is 54.7 Å². The van der Waals surface area contributed by atoms with Gasteiger partial charge in [-0.05, 0) is 25.8 Å². The van der Waals surface area contributed by atoms with Crippen LogP contribution in [-0.4, -0.2) is 37.6 Å². The van der Waals surface area contributed by atoms with E-state index in [9.17, 15) is 4.79 Å². The molecule has 0 aliphatic carbocycles. The predicted octanol–water partition coefficient (Wildman–Crippen LogP) is 2.72. The molecule has 1 N–H and O–H groups in total. The Balaban J connectivity index is 1.78. The van der Waals surface area contributed by atoms with Crippen molar-refractivity contribution in [3.8, 4) is 0 Å². The molecular weight excluding hydrogens is 338 g/mol. The van der Waals surface area contributed by atoms with E-state index in [-0.39, 0.29) is 17.3 Å². The van der Waals surface area contributed by atoms with Crippen molar-refractivity contribution in [3.63, 3.8) is 0 Å². The van der Waals surface area contributed by atoms with Crippen LogP contribution in [0.4, 0.5) is 0 Å². The number of carbonyl (C=O) groups is 1. The third kappa shape index (κ3) is 2.89. The third-order valence-electron chi connectivity index (χ3n) is 4.43. The molecule has 132 valence electrons. The van der Waals surface area contributed by atoms with E-state index in [2.05, 4.69) is 41.2 Å². The number of carbonyl (C=O) groups excluding carboxylic acids is 1. The Morgan fingerprint density at radius 1 is 1.48 bits per heavy atom. The van der Waals surface area contributed by atoms with Gasteiger partial charge in [-0.15, -0.1) is 16.4 Å². The molecule has 1 amide bonds. The number of unbranched alkanes of at least 4 members (excludes halogenated alkanes) is 1. The number of fused-ring (bicyclic) bond motifs is 5. The van der Waals surface area contributed by atoms with E-state index < -0.39 is 0 Å². The van der Waals surface area contributed by atoms with Gasteiger partial charge >= 0.3 is 0 Å². The Morgan fingerprint density at radius 2 is 2.32 bits per heavy atom. The molecule has 0 radical (unpaired) electrons. The van der Waals surface area contributed by atoms with Gasteiger partial charge in [0.15, 0.2) is 5.65 Å². The van der Waals surface area contributed by atoms with E-state index in [0.29, 0.717) is 18.8 Å². The Hall–Kier alpha value is -2.06. The van der Waals surface area contributed by atoms with Gasteiger partial charge < -0.3 is 10.1 Å². The van der Waals surface area contributed by atoms with Crippen LogP contribution in [0.15, 0.2) is 6.33 Å². The Labute approximate surface area is 149 Å². The predicted molar refractivity (Wildman–Crippen MR) is 96.0 cm³/mol. The fourth-order valence-corrected chi connectivity index (χ4v) is 4.16. The molecule has 1 aliphatic rings. The molecule has 0 fully saturated rings. The summed E-state index contributed by atoms with van der Waals surface area (Å²) in [6, 6.07) is 0. The first-order chi connectivity index (χ1) is 12.0. The Morgan fingerprint density at radius 3 is 3.12 bits per heavy atom. The van der Waals surface area contributed by atoms with Crippen LogP contribution in [-0.2, 0) is 17.8 Å². The number of nitrogens with zero attached hydrogens (tertiary/aromatic N) is 4. The lowest BCUT2D eigenvalue weighted by atomic mass is 9.94. The molecule has 7 nitrogen and oxygen atoms in total. The minimum Gasteiger partial charge on any atom is -0.370 e. The second-order valence-electron chi connectivity index (χ2n) is 6.97. The summed E-state index contributed by atoms with van der Waals surface area (Å²) in [5, 5.41) is 8.17. The summed E-state index contributed by atoms with van der Waals surface area (Å²) in [6.07, 6.45) is 4.40. The standard InChI is InChI=1S/C17H21N5O2S/c1-4-5-6-18-15(23)13-20-14-12-10-7-17(2,3)24-8-11(10)25-16(12)19-9-22(14)21-13/h9H,4-8H2,1-3H3,(H,18,23). The normalized spacial score (nSPS) is 16.3. The van der Waals surface area contributed by atoms with Gasteiger partial charge in [0.1, 0.15) is 11.2 Å². The third-order valence-corrected chi connectivity index (χ3v) is 5.54. The summed E-state index contributed by atoms with van der Waals surface area (Å²) >= 11 is 1.63. The van der Waals surface area contributed by atoms with E-state index in [1.54, 1.807) is 22.2 Å². The van der Waals surface area contributed by atoms with Gasteiger partial charge in [-0.25, -0.2) is 14.5 Å². The average molecular weight is 359 g/mol. The maximum atomic E-state index is 12.3. The molecule has 0 aromatic carbocycles. The topological polar surface area (TPSA) is 81.4 Å². The lowest BCUT2D eigenvalue weighted by molar-refractivity contribution is -0.0379. The van der Waals surface area contributed by atoms with Gasteiger partial charge in [-0.2, -0.15) is 0 Å². The molecule has 0 saturated heterocycles. The minimum absolute atomic E-state index is 0.191. The molecule has 3 aromatic heterocycles. The first-order valence-electron chi connectivity index (χ1n) is 8.56. The number of thiophene rings is 1. The van der Waals surface area contributed by atoms with Crippen molar-refractivity contribution in [3.05, 3.63) is 22.6 Å². The number of amides is 1. The van der Waals surface area contributed by atoms with Crippen LogP contribution in [0, 0.1) is 0 Å². The summed E-state index contributed by atoms with van der Waals surface area (Å²) in [5.41, 5.74) is 1.70. The Bertz CT molecular complexity index is 959. The van der Waals surface area contributed by atoms with Gasteiger partial charge in [0.2, 0.25) is 5.82 Å². The summed E-state index contributed by atoms with van der Waals surface area (Å²) in [6.45, 7) is 7.49. The van der Waals surface area contributed by atoms with E-state index in [0.717, 1.165) is 29.5 Å². The summed E-state index contributed by atoms with van der Waals surface area (Å²) < 4.78 is 7.51. The highest BCUT2D eigenvalue weighted by Crippen LogP contribution is 2.39. The van der Waals surface area contributed by atoms with Crippen LogP contribution < -0.4 is 5.32 Å². The molecule has 4 rings (SSSR count). The van der Waals surface area contributed by atoms with Crippen LogP contribution in [0.2, 0.25) is 0 Å². The molecule has 0 bridgehead atoms. The maximum absolute atomic E-state index is 12.3. The molecule has 0 atom stereocenters. The quantitative estimate of drug-likeness (QED) is 0.725. The highest BCUT2D eigenvalue weighted by atomic mass is 32.1. The summed E-state index contributed by atoms with van der Waals surface area (Å²) in [7, 11) is 0. The van der Waals surface area contributed by atoms with Crippen molar-refractivity contribution in [2.24, 2.45) is 0 Å². The van der Waals surface area contributed by atoms with Crippen molar-refractivity contribution in [1.82, 2.24) is 24.9 Å². The van der Waals surface area contributed by atoms with Crippen LogP contribution in [0.25, 0.3) is 15.9 Å². The zero-order valence-corrected chi connectivity index (χ0v) is 15.4. The van der Waals surface area contributed by atoms with Crippen molar-refractivity contribution in [2.45, 2.75) is 52.2 Å². The number of aromatic nitrogens is 4. The number of nitrogens with one attached hydrogen (secondary N) is 1. The van der Waals surface area contributed by atoms with E-state index in [1.807, 2.05) is 0 Å². The highest BCUT2D eigenvalue weighted by molar-refractivity contribution is 7.19. The molecule has 8 heteroatoms. The largest absolute Gasteiger partial charge is 0.370 e. The van der Waals surface area contributed by atoms with Crippen molar-refractivity contribution < 1.29 is 9.53 Å². The van der Waals surface area contributed by atoms with Crippen molar-refractivity contribution in [1.29, 1.82) is 0 Å². The van der Waals surface area contributed by atoms with Crippen LogP contribution in [0.5, 0.6) is 0 Å². The highest BCUT2D eigenvalue weighted by Gasteiger charge is 2.31. The number of rotatable bonds is 4. The van der Waals surface area contributed by atoms with Crippen molar-refractivity contribution in [2.75, 3.05) is 6.54 Å². The lowest BCUT2D eigenvalue weighted by Crippen LogP contribution is -2.31. The number of ether oxygens (including phenoxy) is 1. The smallest absolute Gasteiger partial charge is 0.290 e. The second-order valence-corrected chi connectivity index (χ2v) is 8.05. The fourth-order valence-electron chi connectivity index (χ4n) is 3.10. The SMILES string of the molecule is CCCCNC(=O)c1nc2c3c4c(sc3ncn2n1)COC(C)(C)C4. The van der Waals surface area contributed by atoms with Crippen molar-refractivity contribution >= 4 is 33.1 Å². The van der Waals surface area contributed by atoms with E-state index in [4.69, 9.17) is 4.74 Å². The molecule has 0 saturated carbocycles. The monoisotopic (exact) mass is 359 g/mol. The number of hydrogen-bond acceptors (Lipinski definition) is 6. The zero-order valence-electron chi connectivity index (χ0n) is 14.6. The molecule has 25 heavy (non-hydrogen) atoms. The van der Waals surface area contributed by atoms with Gasteiger partial charge in [0.05, 0.1) is 17.6 Å². The van der Waals surface area contributed by atoms with Crippen LogP contribution >= 0.6 is 11.3 Å². The van der Waals surface area contributed by atoms with Gasteiger partial charge in [-0.3, -0.25) is 4.79 Å². The molecule has 1 aliphatic heterocycles. The van der Waals surface area contributed by atoms with E-state index >= 15 is 0 Å². The average Bonchev–Trinajstić information content (AvgIpc) is 3.14. The molecule has 0 spiro atoms. The molecule has 0 unspecified atom stereocenters. The van der Waals surface area contributed by atoms with Gasteiger partial charge in [-0.1, -0.05) is 13.3 Å². The second kappa shape index (κ2) is 6.03. The van der Waals surface area contributed by atoms with Gasteiger partial charge in [0, 0.05) is 17.8 Å². The minimum atomic E-state index is -0.238. The van der Waals surface area contributed by atoms with E-state index in [1.165, 1.54) is 10.4 Å². The maximum Gasteiger partial charge on any atom is 0.290 e. The van der Waals surface area contributed by atoms with Gasteiger partial charge in [0.25, 0.3) is 5.91 Å². The molecule has 4 heterocycles. The number of hydrogen-bond donors (Lipinski definition) is 1. The molecular formula is C17H21N5O2S. The lowest BCUT2D eigenvalue weighted by Gasteiger charge is -2.30. The summed E-state index contributed by atoms with van der Waals surface area (Å²) in [4.78, 5) is 23.4. The summed E-state index contributed by atoms with van der Waals surface area (Å²) in [5.74, 6) is -0.0465. The zero-order chi connectivity index (χ0) is 17.6. The fraction of sp³-hybridized carbons (Fsp3) is 0.529. The van der Waals surface area contributed by atoms with Crippen LogP contribution in [0.3, 0.4) is 0 Å². The molecule has 3 aromatic rings.